The first-order chi connectivity index (χ1) is 14.9. The fourth-order valence-corrected chi connectivity index (χ4v) is 4.55. The molecule has 1 aliphatic rings. The summed E-state index contributed by atoms with van der Waals surface area (Å²) in [4.78, 5) is 23.0. The molecule has 1 saturated carbocycles. The number of halogens is 1. The van der Waals surface area contributed by atoms with Crippen LogP contribution in [0.1, 0.15) is 60.1 Å². The molecule has 2 aromatic heterocycles. The lowest BCUT2D eigenvalue weighted by Gasteiger charge is -2.23. The molecule has 0 unspecified atom stereocenters. The van der Waals surface area contributed by atoms with Crippen molar-refractivity contribution in [3.63, 3.8) is 0 Å². The van der Waals surface area contributed by atoms with Gasteiger partial charge >= 0.3 is 0 Å². The highest BCUT2D eigenvalue weighted by Crippen LogP contribution is 2.40. The predicted octanol–water partition coefficient (Wildman–Crippen LogP) is 4.99. The minimum Gasteiger partial charge on any atom is -0.314 e. The average Bonchev–Trinajstić information content (AvgIpc) is 3.08. The van der Waals surface area contributed by atoms with Gasteiger partial charge in [-0.1, -0.05) is 12.5 Å². The molecule has 0 bridgehead atoms. The molecule has 2 heterocycles. The predicted molar refractivity (Wildman–Crippen MR) is 121 cm³/mol. The van der Waals surface area contributed by atoms with Gasteiger partial charge in [-0.25, -0.2) is 14.4 Å². The number of pyridine rings is 1. The van der Waals surface area contributed by atoms with Gasteiger partial charge in [0.15, 0.2) is 5.84 Å². The number of nitrogens with one attached hydrogen (secondary N) is 3. The number of benzene rings is 1. The number of thiazole rings is 1. The van der Waals surface area contributed by atoms with E-state index in [1.807, 2.05) is 13.8 Å². The lowest BCUT2D eigenvalue weighted by Crippen LogP contribution is -2.36. The Labute approximate surface area is 183 Å². The summed E-state index contributed by atoms with van der Waals surface area (Å²) in [7, 11) is 0. The van der Waals surface area contributed by atoms with Crippen LogP contribution in [0.15, 0.2) is 30.3 Å². The summed E-state index contributed by atoms with van der Waals surface area (Å²) in [5.74, 6) is -0.538. The van der Waals surface area contributed by atoms with Crippen molar-refractivity contribution < 1.29 is 9.18 Å². The van der Waals surface area contributed by atoms with Gasteiger partial charge in [0.1, 0.15) is 17.3 Å². The van der Waals surface area contributed by atoms with Crippen LogP contribution in [-0.4, -0.2) is 39.0 Å². The number of hydrogen-bond donors (Lipinski definition) is 3. The van der Waals surface area contributed by atoms with Crippen LogP contribution in [0.3, 0.4) is 0 Å². The molecule has 1 aromatic carbocycles. The Morgan fingerprint density at radius 3 is 2.74 bits per heavy atom. The Balaban J connectivity index is 1.56. The third-order valence-electron chi connectivity index (χ3n) is 5.38. The maximum Gasteiger partial charge on any atom is 0.259 e. The summed E-state index contributed by atoms with van der Waals surface area (Å²) < 4.78 is 15.4. The van der Waals surface area contributed by atoms with E-state index in [2.05, 4.69) is 15.3 Å². The van der Waals surface area contributed by atoms with Crippen molar-refractivity contribution >= 4 is 45.5 Å². The number of carbonyl (C=O) groups excluding carboxylic acids is 1. The molecule has 31 heavy (non-hydrogen) atoms. The Morgan fingerprint density at radius 1 is 1.32 bits per heavy atom. The van der Waals surface area contributed by atoms with Gasteiger partial charge in [0, 0.05) is 18.0 Å². The first-order valence-electron chi connectivity index (χ1n) is 10.1. The number of nitrogens with zero attached hydrogens (tertiary/aromatic N) is 3. The highest BCUT2D eigenvalue weighted by molar-refractivity contribution is 7.18. The molecule has 1 fully saturated rings. The van der Waals surface area contributed by atoms with Crippen LogP contribution in [-0.2, 0) is 0 Å². The van der Waals surface area contributed by atoms with Gasteiger partial charge in [0.25, 0.3) is 5.91 Å². The quantitative estimate of drug-likeness (QED) is 0.372. The third kappa shape index (κ3) is 4.18. The standard InChI is InChI=1S/C22H23FN6OS/c1-12(2)29(11-24)20(25)16-7-4-8-19(26-16)28-21(30)14-9-18-17(10-15(14)23)27-22(31-18)13-5-3-6-13/h4,7-13,24-25H,3,5-6H2,1-2H3,(H,26,28,30). The first kappa shape index (κ1) is 21.0. The summed E-state index contributed by atoms with van der Waals surface area (Å²) in [6, 6.07) is 7.63. The van der Waals surface area contributed by atoms with E-state index in [4.69, 9.17) is 10.8 Å². The van der Waals surface area contributed by atoms with Crippen molar-refractivity contribution in [1.29, 1.82) is 10.8 Å². The molecule has 1 aliphatic carbocycles. The molecular formula is C22H23FN6OS. The van der Waals surface area contributed by atoms with Gasteiger partial charge in [-0.05, 0) is 44.9 Å². The third-order valence-corrected chi connectivity index (χ3v) is 6.56. The van der Waals surface area contributed by atoms with E-state index in [1.54, 1.807) is 24.3 Å². The van der Waals surface area contributed by atoms with Gasteiger partial charge in [-0.3, -0.25) is 15.6 Å². The maximum absolute atomic E-state index is 14.6. The van der Waals surface area contributed by atoms with E-state index in [1.165, 1.54) is 28.7 Å². The SMILES string of the molecule is CC(C)N(C=N)C(=N)c1cccc(NC(=O)c2cc3sc(C4CCC4)nc3cc2F)n1. The molecule has 9 heteroatoms. The number of carbonyl (C=O) groups is 1. The van der Waals surface area contributed by atoms with Crippen LogP contribution in [0.2, 0.25) is 0 Å². The van der Waals surface area contributed by atoms with Gasteiger partial charge in [-0.15, -0.1) is 11.3 Å². The molecule has 0 aliphatic heterocycles. The van der Waals surface area contributed by atoms with E-state index < -0.39 is 11.7 Å². The Hall–Kier alpha value is -3.20. The Morgan fingerprint density at radius 2 is 2.10 bits per heavy atom. The molecular weight excluding hydrogens is 415 g/mol. The normalized spacial score (nSPS) is 13.8. The van der Waals surface area contributed by atoms with Crippen molar-refractivity contribution in [2.45, 2.75) is 45.1 Å². The molecule has 0 atom stereocenters. The van der Waals surface area contributed by atoms with Gasteiger partial charge in [0.2, 0.25) is 0 Å². The van der Waals surface area contributed by atoms with Crippen molar-refractivity contribution in [2.75, 3.05) is 5.32 Å². The lowest BCUT2D eigenvalue weighted by atomic mass is 9.86. The van der Waals surface area contributed by atoms with Gasteiger partial charge in [0.05, 0.1) is 27.1 Å². The molecule has 3 N–H and O–H groups in total. The number of rotatable bonds is 6. The van der Waals surface area contributed by atoms with Crippen molar-refractivity contribution in [3.05, 3.63) is 52.4 Å². The number of amides is 1. The van der Waals surface area contributed by atoms with Crippen molar-refractivity contribution in [3.8, 4) is 0 Å². The number of hydrogen-bond acceptors (Lipinski definition) is 6. The summed E-state index contributed by atoms with van der Waals surface area (Å²) >= 11 is 1.51. The number of aromatic nitrogens is 2. The summed E-state index contributed by atoms with van der Waals surface area (Å²) in [5, 5.41) is 19.4. The highest BCUT2D eigenvalue weighted by Gasteiger charge is 2.24. The molecule has 4 rings (SSSR count). The highest BCUT2D eigenvalue weighted by atomic mass is 32.1. The summed E-state index contributed by atoms with van der Waals surface area (Å²) in [6.07, 6.45) is 4.48. The van der Waals surface area contributed by atoms with E-state index in [9.17, 15) is 9.18 Å². The van der Waals surface area contributed by atoms with E-state index in [0.29, 0.717) is 17.1 Å². The second kappa shape index (κ2) is 8.50. The fourth-order valence-electron chi connectivity index (χ4n) is 3.39. The van der Waals surface area contributed by atoms with E-state index >= 15 is 0 Å². The zero-order valence-electron chi connectivity index (χ0n) is 17.3. The second-order valence-electron chi connectivity index (χ2n) is 7.82. The molecule has 3 aromatic rings. The topological polar surface area (TPSA) is 106 Å². The number of anilines is 1. The molecule has 160 valence electrons. The van der Waals surface area contributed by atoms with Crippen molar-refractivity contribution in [1.82, 2.24) is 14.9 Å². The largest absolute Gasteiger partial charge is 0.314 e. The smallest absolute Gasteiger partial charge is 0.259 e. The maximum atomic E-state index is 14.6. The van der Waals surface area contributed by atoms with Crippen LogP contribution in [0.5, 0.6) is 0 Å². The zero-order valence-corrected chi connectivity index (χ0v) is 18.1. The minimum atomic E-state index is -0.630. The summed E-state index contributed by atoms with van der Waals surface area (Å²) in [5.41, 5.74) is 0.815. The van der Waals surface area contributed by atoms with Gasteiger partial charge < -0.3 is 10.2 Å². The lowest BCUT2D eigenvalue weighted by molar-refractivity contribution is 0.102. The molecule has 1 amide bonds. The summed E-state index contributed by atoms with van der Waals surface area (Å²) in [6.45, 7) is 3.72. The number of fused-ring (bicyclic) bond motifs is 1. The second-order valence-corrected chi connectivity index (χ2v) is 8.88. The first-order valence-corrected chi connectivity index (χ1v) is 10.9. The van der Waals surface area contributed by atoms with E-state index in [-0.39, 0.29) is 23.3 Å². The Kier molecular flexibility index (Phi) is 5.77. The molecule has 0 saturated heterocycles. The molecule has 7 nitrogen and oxygen atoms in total. The molecule has 0 radical (unpaired) electrons. The van der Waals surface area contributed by atoms with Crippen LogP contribution in [0, 0.1) is 16.6 Å². The zero-order chi connectivity index (χ0) is 22.1. The fraction of sp³-hybridized carbons (Fsp3) is 0.318. The Bertz CT molecular complexity index is 1170. The average molecular weight is 439 g/mol. The minimum absolute atomic E-state index is 0.0434. The van der Waals surface area contributed by atoms with Crippen molar-refractivity contribution in [2.24, 2.45) is 0 Å². The van der Waals surface area contributed by atoms with Crippen LogP contribution < -0.4 is 5.32 Å². The van der Waals surface area contributed by atoms with Crippen LogP contribution in [0.25, 0.3) is 10.2 Å². The van der Waals surface area contributed by atoms with Crippen LogP contribution >= 0.6 is 11.3 Å². The monoisotopic (exact) mass is 438 g/mol. The van der Waals surface area contributed by atoms with Crippen LogP contribution in [0.4, 0.5) is 10.2 Å². The molecule has 0 spiro atoms. The van der Waals surface area contributed by atoms with Gasteiger partial charge in [-0.2, -0.15) is 0 Å². The van der Waals surface area contributed by atoms with E-state index in [0.717, 1.165) is 28.9 Å². The number of amidine groups is 1.